The van der Waals surface area contributed by atoms with Gasteiger partial charge in [-0.15, -0.1) is 5.10 Å². The predicted molar refractivity (Wildman–Crippen MR) is 107 cm³/mol. The Morgan fingerprint density at radius 3 is 2.24 bits per heavy atom. The number of hydrogen-bond acceptors (Lipinski definition) is 5. The molecule has 0 atom stereocenters. The van der Waals surface area contributed by atoms with Crippen LogP contribution in [0.25, 0.3) is 5.69 Å². The zero-order valence-corrected chi connectivity index (χ0v) is 18.4. The van der Waals surface area contributed by atoms with Gasteiger partial charge in [-0.25, -0.2) is 17.8 Å². The minimum absolute atomic E-state index is 0.130. The third kappa shape index (κ3) is 5.01. The third-order valence-electron chi connectivity index (χ3n) is 4.51. The Hall–Kier alpha value is -3.13. The molecule has 2 aromatic carbocycles. The van der Waals surface area contributed by atoms with Crippen LogP contribution in [-0.2, 0) is 28.8 Å². The number of nitrogens with zero attached hydrogens (tertiary/aromatic N) is 3. The van der Waals surface area contributed by atoms with Crippen molar-refractivity contribution in [1.29, 1.82) is 0 Å². The lowest BCUT2D eigenvalue weighted by atomic mass is 10.1. The number of rotatable bonds is 5. The monoisotopic (exact) mass is 526 g/mol. The fourth-order valence-corrected chi connectivity index (χ4v) is 4.42. The highest BCUT2D eigenvalue weighted by molar-refractivity contribution is 7.90. The molecule has 3 aromatic rings. The first-order valence-electron chi connectivity index (χ1n) is 9.22. The van der Waals surface area contributed by atoms with Crippen LogP contribution in [0.5, 0.6) is 0 Å². The average Bonchev–Trinajstić information content (AvgIpc) is 3.16. The van der Waals surface area contributed by atoms with Gasteiger partial charge in [-0.3, -0.25) is 4.79 Å². The number of amides is 1. The van der Waals surface area contributed by atoms with Crippen LogP contribution in [-0.4, -0.2) is 29.3 Å². The normalized spacial score (nSPS) is 12.6. The molecule has 0 saturated heterocycles. The number of sulfonamides is 1. The molecule has 1 heterocycles. The summed E-state index contributed by atoms with van der Waals surface area (Å²) in [4.78, 5) is 11.4. The van der Waals surface area contributed by atoms with Crippen LogP contribution in [0.3, 0.4) is 0 Å². The van der Waals surface area contributed by atoms with Crippen LogP contribution in [0.15, 0.2) is 47.4 Å². The van der Waals surface area contributed by atoms with Crippen LogP contribution < -0.4 is 4.72 Å². The molecular weight excluding hydrogens is 514 g/mol. The molecule has 34 heavy (non-hydrogen) atoms. The summed E-state index contributed by atoms with van der Waals surface area (Å²) < 4.78 is 107. The van der Waals surface area contributed by atoms with Crippen molar-refractivity contribution < 1.29 is 39.6 Å². The largest absolute Gasteiger partial charge is 0.418 e. The van der Waals surface area contributed by atoms with E-state index in [1.165, 1.54) is 11.6 Å². The summed E-state index contributed by atoms with van der Waals surface area (Å²) in [6.07, 6.45) is -10.0. The highest BCUT2D eigenvalue weighted by Gasteiger charge is 2.38. The predicted octanol–water partition coefficient (Wildman–Crippen LogP) is 4.64. The Kier molecular flexibility index (Phi) is 6.68. The molecule has 0 spiro atoms. The highest BCUT2D eigenvalue weighted by atomic mass is 35.5. The number of nitrogens with one attached hydrogen (secondary N) is 1. The summed E-state index contributed by atoms with van der Waals surface area (Å²) in [5.41, 5.74) is -4.14. The van der Waals surface area contributed by atoms with Crippen molar-refractivity contribution in [2.45, 2.75) is 30.6 Å². The maximum atomic E-state index is 13.5. The van der Waals surface area contributed by atoms with Crippen LogP contribution in [0.4, 0.5) is 26.3 Å². The summed E-state index contributed by atoms with van der Waals surface area (Å²) in [5.74, 6) is -1.47. The van der Waals surface area contributed by atoms with Gasteiger partial charge in [0.25, 0.3) is 15.9 Å². The van der Waals surface area contributed by atoms with E-state index in [4.69, 9.17) is 11.6 Å². The molecule has 0 saturated carbocycles. The molecule has 0 aliphatic heterocycles. The fraction of sp³-hybridized carbons (Fsp3) is 0.211. The first kappa shape index (κ1) is 25.5. The Balaban J connectivity index is 2.05. The van der Waals surface area contributed by atoms with E-state index in [-0.39, 0.29) is 17.1 Å². The Morgan fingerprint density at radius 1 is 1.03 bits per heavy atom. The third-order valence-corrected chi connectivity index (χ3v) is 6.14. The first-order valence-corrected chi connectivity index (χ1v) is 11.1. The number of carbonyl (C=O) groups excluding carboxylic acids is 1. The first-order chi connectivity index (χ1) is 15.7. The lowest BCUT2D eigenvalue weighted by Gasteiger charge is -2.15. The van der Waals surface area contributed by atoms with Gasteiger partial charge in [0.1, 0.15) is 0 Å². The molecule has 0 aliphatic carbocycles. The van der Waals surface area contributed by atoms with E-state index < -0.39 is 55.7 Å². The van der Waals surface area contributed by atoms with Crippen LogP contribution in [0.2, 0.25) is 5.02 Å². The van der Waals surface area contributed by atoms with E-state index in [1.54, 1.807) is 0 Å². The molecule has 1 amide bonds. The number of alkyl halides is 6. The zero-order valence-electron chi connectivity index (χ0n) is 16.9. The van der Waals surface area contributed by atoms with Gasteiger partial charge in [-0.05, 0) is 36.8 Å². The number of carbonyl (C=O) groups is 1. The van der Waals surface area contributed by atoms with Crippen LogP contribution >= 0.6 is 11.6 Å². The molecular formula is C19H13ClF6N4O3S. The Bertz CT molecular complexity index is 1350. The van der Waals surface area contributed by atoms with Gasteiger partial charge in [-0.2, -0.15) is 26.3 Å². The number of hydrogen-bond donors (Lipinski definition) is 1. The van der Waals surface area contributed by atoms with Gasteiger partial charge in [0, 0.05) is 5.02 Å². The standard InChI is InChI=1S/C19H13ClF6N4O3S/c1-2-13-16(27-29-30(13)14-8-7-10(20)9-12(14)19(24,25)26)17(31)28-34(32,33)15-6-4-3-5-11(15)18(21,22)23/h3-9H,2H2,1H3,(H,28,31). The second-order valence-electron chi connectivity index (χ2n) is 6.74. The van der Waals surface area contributed by atoms with Crippen molar-refractivity contribution in [2.24, 2.45) is 0 Å². The fourth-order valence-electron chi connectivity index (χ4n) is 3.07. The SMILES string of the molecule is CCc1c(C(=O)NS(=O)(=O)c2ccccc2C(F)(F)F)nnn1-c1ccc(Cl)cc1C(F)(F)F. The molecule has 1 aromatic heterocycles. The average molecular weight is 527 g/mol. The lowest BCUT2D eigenvalue weighted by molar-refractivity contribution is -0.140. The van der Waals surface area contributed by atoms with E-state index in [0.717, 1.165) is 24.3 Å². The summed E-state index contributed by atoms with van der Waals surface area (Å²) >= 11 is 5.66. The summed E-state index contributed by atoms with van der Waals surface area (Å²) in [6, 6.07) is 5.93. The molecule has 0 bridgehead atoms. The quantitative estimate of drug-likeness (QED) is 0.489. The van der Waals surface area contributed by atoms with Crippen molar-refractivity contribution >= 4 is 27.5 Å². The van der Waals surface area contributed by atoms with Gasteiger partial charge in [0.15, 0.2) is 5.69 Å². The summed E-state index contributed by atoms with van der Waals surface area (Å²) in [5, 5.41) is 6.78. The van der Waals surface area contributed by atoms with E-state index in [1.807, 2.05) is 0 Å². The van der Waals surface area contributed by atoms with Gasteiger partial charge in [0.05, 0.1) is 27.4 Å². The van der Waals surface area contributed by atoms with Crippen molar-refractivity contribution in [3.63, 3.8) is 0 Å². The minimum atomic E-state index is -5.03. The van der Waals surface area contributed by atoms with E-state index >= 15 is 0 Å². The van der Waals surface area contributed by atoms with Gasteiger partial charge >= 0.3 is 12.4 Å². The highest BCUT2D eigenvalue weighted by Crippen LogP contribution is 2.36. The van der Waals surface area contributed by atoms with E-state index in [2.05, 4.69) is 10.3 Å². The van der Waals surface area contributed by atoms with Gasteiger partial charge in [-0.1, -0.05) is 35.9 Å². The van der Waals surface area contributed by atoms with Crippen molar-refractivity contribution in [1.82, 2.24) is 19.7 Å². The van der Waals surface area contributed by atoms with Crippen molar-refractivity contribution in [3.8, 4) is 5.69 Å². The summed E-state index contributed by atoms with van der Waals surface area (Å²) in [6.45, 7) is 1.43. The number of aromatic nitrogens is 3. The summed E-state index contributed by atoms with van der Waals surface area (Å²) in [7, 11) is -5.03. The van der Waals surface area contributed by atoms with Crippen LogP contribution in [0.1, 0.15) is 34.2 Å². The van der Waals surface area contributed by atoms with E-state index in [0.29, 0.717) is 22.9 Å². The number of halogens is 7. The van der Waals surface area contributed by atoms with Gasteiger partial charge in [0.2, 0.25) is 0 Å². The van der Waals surface area contributed by atoms with Gasteiger partial charge < -0.3 is 0 Å². The van der Waals surface area contributed by atoms with E-state index in [9.17, 15) is 39.6 Å². The molecule has 3 rings (SSSR count). The zero-order chi connectivity index (χ0) is 25.5. The molecule has 0 unspecified atom stereocenters. The number of benzene rings is 2. The molecule has 1 N–H and O–H groups in total. The Morgan fingerprint density at radius 2 is 1.65 bits per heavy atom. The lowest BCUT2D eigenvalue weighted by Crippen LogP contribution is -2.33. The molecule has 0 radical (unpaired) electrons. The molecule has 182 valence electrons. The second-order valence-corrected chi connectivity index (χ2v) is 8.83. The molecule has 0 aliphatic rings. The minimum Gasteiger partial charge on any atom is -0.266 e. The molecule has 15 heteroatoms. The molecule has 0 fully saturated rings. The topological polar surface area (TPSA) is 93.9 Å². The molecule has 7 nitrogen and oxygen atoms in total. The van der Waals surface area contributed by atoms with Crippen LogP contribution in [0, 0.1) is 0 Å². The second kappa shape index (κ2) is 8.91. The smallest absolute Gasteiger partial charge is 0.266 e. The Labute approximate surface area is 193 Å². The van der Waals surface area contributed by atoms with Crippen molar-refractivity contribution in [3.05, 3.63) is 70.0 Å². The van der Waals surface area contributed by atoms with Crippen molar-refractivity contribution in [2.75, 3.05) is 0 Å². The maximum absolute atomic E-state index is 13.5. The maximum Gasteiger partial charge on any atom is 0.418 e.